The molecule has 0 radical (unpaired) electrons. The zero-order valence-corrected chi connectivity index (χ0v) is 15.0. The van der Waals surface area contributed by atoms with Gasteiger partial charge in [-0.2, -0.15) is 0 Å². The highest BCUT2D eigenvalue weighted by molar-refractivity contribution is 5.92. The number of carbonyl (C=O) groups excluding carboxylic acids is 1. The fourth-order valence-corrected chi connectivity index (χ4v) is 3.23. The molecular formula is C19H26N4O. The molecule has 3 rings (SSSR count). The number of aromatic nitrogens is 2. The Bertz CT molecular complexity index is 721. The minimum absolute atomic E-state index is 0.0411. The highest BCUT2D eigenvalue weighted by Gasteiger charge is 2.26. The second-order valence-corrected chi connectivity index (χ2v) is 7.43. The summed E-state index contributed by atoms with van der Waals surface area (Å²) in [6, 6.07) is 8.59. The second kappa shape index (κ2) is 6.30. The van der Waals surface area contributed by atoms with Gasteiger partial charge in [0.1, 0.15) is 11.5 Å². The number of para-hydroxylation sites is 1. The van der Waals surface area contributed by atoms with Crippen LogP contribution in [0.15, 0.2) is 30.5 Å². The molecular weight excluding hydrogens is 300 g/mol. The minimum Gasteiger partial charge on any atom is -0.368 e. The number of benzene rings is 1. The molecule has 24 heavy (non-hydrogen) atoms. The van der Waals surface area contributed by atoms with Gasteiger partial charge in [-0.25, -0.2) is 4.98 Å². The van der Waals surface area contributed by atoms with Gasteiger partial charge in [0.05, 0.1) is 6.20 Å². The number of H-pyrrole nitrogens is 1. The van der Waals surface area contributed by atoms with Crippen LogP contribution in [0.3, 0.4) is 0 Å². The molecule has 0 spiro atoms. The predicted octanol–water partition coefficient (Wildman–Crippen LogP) is 2.98. The van der Waals surface area contributed by atoms with E-state index in [-0.39, 0.29) is 11.3 Å². The lowest BCUT2D eigenvalue weighted by molar-refractivity contribution is 0.0741. The number of carbonyl (C=O) groups is 1. The molecule has 128 valence electrons. The number of rotatable bonds is 2. The van der Waals surface area contributed by atoms with Crippen molar-refractivity contribution in [1.29, 1.82) is 0 Å². The van der Waals surface area contributed by atoms with Gasteiger partial charge in [-0.1, -0.05) is 39.0 Å². The maximum Gasteiger partial charge on any atom is 0.272 e. The minimum atomic E-state index is 0.0411. The number of aromatic amines is 1. The van der Waals surface area contributed by atoms with Crippen molar-refractivity contribution in [3.8, 4) is 0 Å². The Morgan fingerprint density at radius 2 is 1.79 bits per heavy atom. The molecule has 1 aromatic heterocycles. The number of piperazine rings is 1. The first-order chi connectivity index (χ1) is 11.4. The molecule has 0 atom stereocenters. The number of imidazole rings is 1. The first kappa shape index (κ1) is 16.6. The number of nitrogens with one attached hydrogen (secondary N) is 1. The molecule has 5 nitrogen and oxygen atoms in total. The van der Waals surface area contributed by atoms with E-state index in [1.807, 2.05) is 11.8 Å². The maximum atomic E-state index is 12.5. The highest BCUT2D eigenvalue weighted by Crippen LogP contribution is 2.32. The first-order valence-corrected chi connectivity index (χ1v) is 8.51. The molecule has 2 heterocycles. The molecule has 0 unspecified atom stereocenters. The molecule has 1 fully saturated rings. The summed E-state index contributed by atoms with van der Waals surface area (Å²) >= 11 is 0. The summed E-state index contributed by atoms with van der Waals surface area (Å²) in [5.41, 5.74) is 3.33. The van der Waals surface area contributed by atoms with E-state index in [0.717, 1.165) is 32.0 Å². The molecule has 1 aliphatic rings. The topological polar surface area (TPSA) is 52.2 Å². The van der Waals surface area contributed by atoms with E-state index in [9.17, 15) is 4.79 Å². The molecule has 0 saturated carbocycles. The first-order valence-electron chi connectivity index (χ1n) is 8.51. The van der Waals surface area contributed by atoms with Crippen LogP contribution in [0.25, 0.3) is 0 Å². The van der Waals surface area contributed by atoms with E-state index in [2.05, 4.69) is 59.9 Å². The Morgan fingerprint density at radius 3 is 2.38 bits per heavy atom. The van der Waals surface area contributed by atoms with E-state index in [0.29, 0.717) is 5.69 Å². The normalized spacial score (nSPS) is 15.7. The number of amides is 1. The lowest BCUT2D eigenvalue weighted by Gasteiger charge is -2.38. The second-order valence-electron chi connectivity index (χ2n) is 7.43. The molecule has 1 aromatic carbocycles. The quantitative estimate of drug-likeness (QED) is 0.923. The zero-order chi connectivity index (χ0) is 17.3. The third-order valence-corrected chi connectivity index (χ3v) is 4.55. The van der Waals surface area contributed by atoms with Crippen LogP contribution >= 0.6 is 0 Å². The van der Waals surface area contributed by atoms with Crippen molar-refractivity contribution in [2.45, 2.75) is 33.1 Å². The van der Waals surface area contributed by atoms with Gasteiger partial charge in [-0.05, 0) is 24.0 Å². The average Bonchev–Trinajstić information content (AvgIpc) is 3.00. The molecule has 0 aliphatic carbocycles. The van der Waals surface area contributed by atoms with Gasteiger partial charge in [0.15, 0.2) is 0 Å². The summed E-state index contributed by atoms with van der Waals surface area (Å²) in [7, 11) is 0. The van der Waals surface area contributed by atoms with Crippen LogP contribution in [-0.2, 0) is 5.41 Å². The van der Waals surface area contributed by atoms with Crippen molar-refractivity contribution in [3.05, 3.63) is 47.5 Å². The lowest BCUT2D eigenvalue weighted by atomic mass is 9.85. The molecule has 1 saturated heterocycles. The van der Waals surface area contributed by atoms with Crippen molar-refractivity contribution in [2.24, 2.45) is 0 Å². The number of hydrogen-bond donors (Lipinski definition) is 1. The number of nitrogens with zero attached hydrogens (tertiary/aromatic N) is 3. The molecule has 1 N–H and O–H groups in total. The monoisotopic (exact) mass is 326 g/mol. The predicted molar refractivity (Wildman–Crippen MR) is 96.6 cm³/mol. The Balaban J connectivity index is 1.71. The van der Waals surface area contributed by atoms with Gasteiger partial charge in [-0.3, -0.25) is 4.79 Å². The summed E-state index contributed by atoms with van der Waals surface area (Å²) in [5, 5.41) is 0. The van der Waals surface area contributed by atoms with E-state index in [1.54, 1.807) is 6.20 Å². The Kier molecular flexibility index (Phi) is 4.35. The van der Waals surface area contributed by atoms with E-state index in [4.69, 9.17) is 0 Å². The van der Waals surface area contributed by atoms with E-state index < -0.39 is 0 Å². The van der Waals surface area contributed by atoms with Gasteiger partial charge >= 0.3 is 0 Å². The van der Waals surface area contributed by atoms with Gasteiger partial charge in [0, 0.05) is 31.9 Å². The summed E-state index contributed by atoms with van der Waals surface area (Å²) < 4.78 is 0. The fourth-order valence-electron chi connectivity index (χ4n) is 3.23. The lowest BCUT2D eigenvalue weighted by Crippen LogP contribution is -2.49. The summed E-state index contributed by atoms with van der Waals surface area (Å²) in [6.07, 6.45) is 1.62. The van der Waals surface area contributed by atoms with Crippen LogP contribution < -0.4 is 4.90 Å². The van der Waals surface area contributed by atoms with Crippen LogP contribution in [0.4, 0.5) is 5.69 Å². The fraction of sp³-hybridized carbons (Fsp3) is 0.474. The van der Waals surface area contributed by atoms with Gasteiger partial charge in [0.25, 0.3) is 5.91 Å². The molecule has 1 amide bonds. The smallest absolute Gasteiger partial charge is 0.272 e. The maximum absolute atomic E-state index is 12.5. The molecule has 2 aromatic rings. The van der Waals surface area contributed by atoms with Gasteiger partial charge < -0.3 is 14.8 Å². The van der Waals surface area contributed by atoms with Gasteiger partial charge in [-0.15, -0.1) is 0 Å². The average molecular weight is 326 g/mol. The zero-order valence-electron chi connectivity index (χ0n) is 15.0. The summed E-state index contributed by atoms with van der Waals surface area (Å²) in [5.74, 6) is 0.815. The van der Waals surface area contributed by atoms with Crippen molar-refractivity contribution in [1.82, 2.24) is 14.9 Å². The van der Waals surface area contributed by atoms with E-state index in [1.165, 1.54) is 11.3 Å². The van der Waals surface area contributed by atoms with Crippen LogP contribution in [0.5, 0.6) is 0 Å². The third kappa shape index (κ3) is 3.30. The molecule has 0 bridgehead atoms. The number of anilines is 1. The standard InChI is InChI=1S/C19H26N4O/c1-14-20-13-16(21-14)18(24)23-11-9-22(10-12-23)17-8-6-5-7-15(17)19(2,3)4/h5-8,13H,9-12H2,1-4H3,(H,20,21). The van der Waals surface area contributed by atoms with Crippen LogP contribution in [-0.4, -0.2) is 47.0 Å². The molecule has 5 heteroatoms. The largest absolute Gasteiger partial charge is 0.368 e. The van der Waals surface area contributed by atoms with Crippen LogP contribution in [0, 0.1) is 6.92 Å². The summed E-state index contributed by atoms with van der Waals surface area (Å²) in [6.45, 7) is 11.8. The van der Waals surface area contributed by atoms with Crippen molar-refractivity contribution in [3.63, 3.8) is 0 Å². The van der Waals surface area contributed by atoms with Crippen LogP contribution in [0.2, 0.25) is 0 Å². The SMILES string of the molecule is Cc1ncc(C(=O)N2CCN(c3ccccc3C(C)(C)C)CC2)[nH]1. The van der Waals surface area contributed by atoms with E-state index >= 15 is 0 Å². The highest BCUT2D eigenvalue weighted by atomic mass is 16.2. The van der Waals surface area contributed by atoms with Crippen molar-refractivity contribution in [2.75, 3.05) is 31.1 Å². The Morgan fingerprint density at radius 1 is 1.12 bits per heavy atom. The Labute approximate surface area is 143 Å². The summed E-state index contributed by atoms with van der Waals surface area (Å²) in [4.78, 5) is 24.0. The van der Waals surface area contributed by atoms with Gasteiger partial charge in [0.2, 0.25) is 0 Å². The van der Waals surface area contributed by atoms with Crippen molar-refractivity contribution >= 4 is 11.6 Å². The Hall–Kier alpha value is -2.30. The third-order valence-electron chi connectivity index (χ3n) is 4.55. The number of aryl methyl sites for hydroxylation is 1. The molecule has 1 aliphatic heterocycles. The number of hydrogen-bond acceptors (Lipinski definition) is 3. The van der Waals surface area contributed by atoms with Crippen LogP contribution in [0.1, 0.15) is 42.6 Å². The van der Waals surface area contributed by atoms with Crippen molar-refractivity contribution < 1.29 is 4.79 Å².